The van der Waals surface area contributed by atoms with Crippen molar-refractivity contribution in [2.24, 2.45) is 11.8 Å². The van der Waals surface area contributed by atoms with E-state index in [9.17, 15) is 10.1 Å². The molecule has 26 heavy (non-hydrogen) atoms. The van der Waals surface area contributed by atoms with Gasteiger partial charge in [0.05, 0.1) is 4.92 Å². The summed E-state index contributed by atoms with van der Waals surface area (Å²) in [5.74, 6) is 1.74. The molecule has 1 saturated heterocycles. The summed E-state index contributed by atoms with van der Waals surface area (Å²) < 4.78 is 0. The first-order valence-corrected chi connectivity index (χ1v) is 9.86. The zero-order valence-electron chi connectivity index (χ0n) is 16.8. The van der Waals surface area contributed by atoms with Crippen LogP contribution in [0, 0.1) is 22.0 Å². The molecule has 0 N–H and O–H groups in total. The number of hydrogen-bond acceptors (Lipinski definition) is 6. The minimum absolute atomic E-state index is 0.0640. The van der Waals surface area contributed by atoms with Crippen LogP contribution < -0.4 is 9.80 Å². The first-order valence-electron chi connectivity index (χ1n) is 9.86. The number of piperidine rings is 1. The Morgan fingerprint density at radius 3 is 2.42 bits per heavy atom. The molecule has 1 fully saturated rings. The first kappa shape index (κ1) is 20.4. The lowest BCUT2D eigenvalue weighted by Gasteiger charge is -2.36. The van der Waals surface area contributed by atoms with Crippen molar-refractivity contribution >= 4 is 17.3 Å². The molecule has 1 aromatic heterocycles. The van der Waals surface area contributed by atoms with Crippen LogP contribution in [0.2, 0.25) is 0 Å². The van der Waals surface area contributed by atoms with Crippen molar-refractivity contribution in [1.82, 2.24) is 9.97 Å². The molecule has 146 valence electrons. The van der Waals surface area contributed by atoms with Gasteiger partial charge >= 0.3 is 5.69 Å². The van der Waals surface area contributed by atoms with E-state index in [-0.39, 0.29) is 10.6 Å². The fraction of sp³-hybridized carbons (Fsp3) is 0.789. The highest BCUT2D eigenvalue weighted by molar-refractivity contribution is 5.71. The molecule has 1 aliphatic rings. The van der Waals surface area contributed by atoms with Crippen LogP contribution in [0.25, 0.3) is 0 Å². The average Bonchev–Trinajstić information content (AvgIpc) is 2.59. The van der Waals surface area contributed by atoms with Crippen LogP contribution in [0.4, 0.5) is 17.3 Å². The Morgan fingerprint density at radius 2 is 1.88 bits per heavy atom. The lowest BCUT2D eigenvalue weighted by Crippen LogP contribution is -2.40. The van der Waals surface area contributed by atoms with Gasteiger partial charge in [0, 0.05) is 25.7 Å². The maximum Gasteiger partial charge on any atom is 0.353 e. The van der Waals surface area contributed by atoms with Gasteiger partial charge in [0.2, 0.25) is 11.6 Å². The predicted molar refractivity (Wildman–Crippen MR) is 106 cm³/mol. The maximum absolute atomic E-state index is 12.0. The number of rotatable bonds is 8. The number of nitro groups is 1. The molecule has 1 aliphatic heterocycles. The van der Waals surface area contributed by atoms with Gasteiger partial charge < -0.3 is 9.80 Å². The minimum atomic E-state index is -0.292. The second-order valence-electron chi connectivity index (χ2n) is 8.07. The van der Waals surface area contributed by atoms with Crippen molar-refractivity contribution in [1.29, 1.82) is 0 Å². The topological polar surface area (TPSA) is 75.4 Å². The summed E-state index contributed by atoms with van der Waals surface area (Å²) in [6.45, 7) is 12.9. The van der Waals surface area contributed by atoms with E-state index in [2.05, 4.69) is 54.4 Å². The lowest BCUT2D eigenvalue weighted by molar-refractivity contribution is -0.383. The first-order chi connectivity index (χ1) is 12.3. The van der Waals surface area contributed by atoms with Gasteiger partial charge in [-0.1, -0.05) is 34.6 Å². The van der Waals surface area contributed by atoms with Crippen molar-refractivity contribution < 1.29 is 4.92 Å². The molecule has 1 unspecified atom stereocenters. The molecule has 0 aromatic carbocycles. The number of nitrogens with zero attached hydrogens (tertiary/aromatic N) is 5. The van der Waals surface area contributed by atoms with Crippen molar-refractivity contribution in [3.8, 4) is 0 Å². The molecule has 0 radical (unpaired) electrons. The van der Waals surface area contributed by atoms with Crippen molar-refractivity contribution in [3.63, 3.8) is 0 Å². The van der Waals surface area contributed by atoms with Crippen LogP contribution in [0.5, 0.6) is 0 Å². The van der Waals surface area contributed by atoms with Gasteiger partial charge in [0.1, 0.15) is 6.33 Å². The Balaban J connectivity index is 2.50. The van der Waals surface area contributed by atoms with E-state index in [0.717, 1.165) is 38.9 Å². The molecule has 1 atom stereocenters. The van der Waals surface area contributed by atoms with E-state index >= 15 is 0 Å². The Hall–Kier alpha value is -1.92. The van der Waals surface area contributed by atoms with Crippen LogP contribution >= 0.6 is 0 Å². The summed E-state index contributed by atoms with van der Waals surface area (Å²) in [6, 6.07) is 0.314. The van der Waals surface area contributed by atoms with Gasteiger partial charge in [-0.3, -0.25) is 10.1 Å². The molecule has 7 nitrogen and oxygen atoms in total. The fourth-order valence-electron chi connectivity index (χ4n) is 3.80. The molecule has 0 amide bonds. The normalized spacial score (nSPS) is 17.8. The largest absolute Gasteiger partial charge is 0.353 e. The summed E-state index contributed by atoms with van der Waals surface area (Å²) in [5.41, 5.74) is 0.0640. The lowest BCUT2D eigenvalue weighted by atomic mass is 10.00. The van der Waals surface area contributed by atoms with E-state index < -0.39 is 0 Å². The molecule has 0 spiro atoms. The van der Waals surface area contributed by atoms with Crippen LogP contribution in [0.15, 0.2) is 6.33 Å². The summed E-state index contributed by atoms with van der Waals surface area (Å²) in [4.78, 5) is 24.7. The van der Waals surface area contributed by atoms with Gasteiger partial charge in [-0.2, -0.15) is 0 Å². The quantitative estimate of drug-likeness (QED) is 0.507. The second-order valence-corrected chi connectivity index (χ2v) is 8.07. The maximum atomic E-state index is 12.0. The molecule has 0 saturated carbocycles. The summed E-state index contributed by atoms with van der Waals surface area (Å²) in [5, 5.41) is 12.0. The smallest absolute Gasteiger partial charge is 0.350 e. The van der Waals surface area contributed by atoms with Crippen LogP contribution in [0.3, 0.4) is 0 Å². The highest BCUT2D eigenvalue weighted by Gasteiger charge is 2.33. The predicted octanol–water partition coefficient (Wildman–Crippen LogP) is 4.27. The van der Waals surface area contributed by atoms with Gasteiger partial charge in [0.25, 0.3) is 0 Å². The zero-order chi connectivity index (χ0) is 19.3. The van der Waals surface area contributed by atoms with E-state index in [1.54, 1.807) is 0 Å². The molecule has 7 heteroatoms. The second kappa shape index (κ2) is 9.14. The molecule has 2 rings (SSSR count). The highest BCUT2D eigenvalue weighted by atomic mass is 16.6. The molecule has 1 aromatic rings. The molecule has 0 bridgehead atoms. The van der Waals surface area contributed by atoms with Crippen LogP contribution in [0.1, 0.15) is 60.3 Å². The molecular weight excluding hydrogens is 330 g/mol. The summed E-state index contributed by atoms with van der Waals surface area (Å²) in [7, 11) is 0. The average molecular weight is 364 g/mol. The number of anilines is 2. The van der Waals surface area contributed by atoms with E-state index in [4.69, 9.17) is 0 Å². The minimum Gasteiger partial charge on any atom is -0.350 e. The third-order valence-corrected chi connectivity index (χ3v) is 4.81. The Kier molecular flexibility index (Phi) is 7.17. The number of hydrogen-bond donors (Lipinski definition) is 0. The van der Waals surface area contributed by atoms with E-state index in [0.29, 0.717) is 29.5 Å². The van der Waals surface area contributed by atoms with Crippen molar-refractivity contribution in [2.75, 3.05) is 29.4 Å². The summed E-state index contributed by atoms with van der Waals surface area (Å²) >= 11 is 0. The van der Waals surface area contributed by atoms with Gasteiger partial charge in [-0.05, 0) is 37.5 Å². The molecule has 2 heterocycles. The van der Waals surface area contributed by atoms with Gasteiger partial charge in [0.15, 0.2) is 0 Å². The van der Waals surface area contributed by atoms with E-state index in [1.807, 2.05) is 0 Å². The standard InChI is InChI=1S/C19H33N5O2/c1-6-16-9-7-8-10-23(16)19-17(24(25)26)18(20-13-21-19)22(11-14(2)3)12-15(4)5/h13-16H,6-12H2,1-5H3. The monoisotopic (exact) mass is 363 g/mol. The van der Waals surface area contributed by atoms with Gasteiger partial charge in [-0.15, -0.1) is 0 Å². The van der Waals surface area contributed by atoms with Gasteiger partial charge in [-0.25, -0.2) is 9.97 Å². The third kappa shape index (κ3) is 4.83. The Labute approximate surface area is 157 Å². The molecular formula is C19H33N5O2. The van der Waals surface area contributed by atoms with Crippen molar-refractivity contribution in [2.45, 2.75) is 66.3 Å². The summed E-state index contributed by atoms with van der Waals surface area (Å²) in [6.07, 6.45) is 5.75. The molecule has 0 aliphatic carbocycles. The SMILES string of the molecule is CCC1CCCCN1c1ncnc(N(CC(C)C)CC(C)C)c1[N+](=O)[O-]. The Bertz CT molecular complexity index is 596. The number of aromatic nitrogens is 2. The Morgan fingerprint density at radius 1 is 1.23 bits per heavy atom. The fourth-order valence-corrected chi connectivity index (χ4v) is 3.80. The van der Waals surface area contributed by atoms with Crippen molar-refractivity contribution in [3.05, 3.63) is 16.4 Å². The van der Waals surface area contributed by atoms with Crippen LogP contribution in [-0.2, 0) is 0 Å². The zero-order valence-corrected chi connectivity index (χ0v) is 16.8. The van der Waals surface area contributed by atoms with E-state index in [1.165, 1.54) is 12.7 Å². The third-order valence-electron chi connectivity index (χ3n) is 4.81. The van der Waals surface area contributed by atoms with Crippen LogP contribution in [-0.4, -0.2) is 40.6 Å². The highest BCUT2D eigenvalue weighted by Crippen LogP contribution is 2.37.